The second-order valence-corrected chi connectivity index (χ2v) is 11.8. The van der Waals surface area contributed by atoms with Gasteiger partial charge in [-0.05, 0) is 32.1 Å². The molecule has 0 heterocycles. The zero-order valence-electron chi connectivity index (χ0n) is 27.1. The molecule has 0 aliphatic carbocycles. The monoisotopic (exact) mass is 541 g/mol. The van der Waals surface area contributed by atoms with E-state index in [4.69, 9.17) is 14.2 Å². The molecule has 0 saturated heterocycles. The third kappa shape index (κ3) is 21.7. The Morgan fingerprint density at radius 1 is 0.342 bits per heavy atom. The van der Waals surface area contributed by atoms with Crippen molar-refractivity contribution in [3.63, 3.8) is 0 Å². The molecule has 0 fully saturated rings. The van der Waals surface area contributed by atoms with Crippen molar-refractivity contribution in [2.24, 2.45) is 5.92 Å². The van der Waals surface area contributed by atoms with E-state index in [0.29, 0.717) is 5.92 Å². The summed E-state index contributed by atoms with van der Waals surface area (Å²) in [6.45, 7) is 13.6. The van der Waals surface area contributed by atoms with Crippen LogP contribution in [-0.2, 0) is 14.2 Å². The molecular formula is C35H72O3. The lowest BCUT2D eigenvalue weighted by atomic mass is 9.91. The van der Waals surface area contributed by atoms with Gasteiger partial charge < -0.3 is 14.2 Å². The van der Waals surface area contributed by atoms with Crippen LogP contribution in [0, 0.1) is 5.92 Å². The van der Waals surface area contributed by atoms with Crippen LogP contribution in [0.1, 0.15) is 195 Å². The molecule has 1 unspecified atom stereocenters. The Morgan fingerprint density at radius 3 is 0.921 bits per heavy atom. The Kier molecular flexibility index (Phi) is 29.8. The van der Waals surface area contributed by atoms with Crippen molar-refractivity contribution in [3.05, 3.63) is 0 Å². The van der Waals surface area contributed by atoms with Crippen LogP contribution >= 0.6 is 0 Å². The molecule has 3 heteroatoms. The summed E-state index contributed by atoms with van der Waals surface area (Å²) in [6, 6.07) is 0. The Morgan fingerprint density at radius 2 is 0.605 bits per heavy atom. The minimum atomic E-state index is -0.847. The molecule has 0 aliphatic heterocycles. The fourth-order valence-electron chi connectivity index (χ4n) is 5.37. The lowest BCUT2D eigenvalue weighted by Gasteiger charge is -2.40. The van der Waals surface area contributed by atoms with E-state index in [2.05, 4.69) is 34.6 Å². The van der Waals surface area contributed by atoms with E-state index in [9.17, 15) is 0 Å². The van der Waals surface area contributed by atoms with Crippen molar-refractivity contribution < 1.29 is 14.2 Å². The van der Waals surface area contributed by atoms with Gasteiger partial charge in [-0.15, -0.1) is 0 Å². The first-order chi connectivity index (χ1) is 18.7. The number of hydrogen-bond acceptors (Lipinski definition) is 3. The average molecular weight is 541 g/mol. The van der Waals surface area contributed by atoms with Gasteiger partial charge in [-0.3, -0.25) is 0 Å². The van der Waals surface area contributed by atoms with Crippen LogP contribution < -0.4 is 0 Å². The largest absolute Gasteiger partial charge is 0.327 e. The molecule has 0 N–H and O–H groups in total. The lowest BCUT2D eigenvalue weighted by molar-refractivity contribution is -0.407. The van der Waals surface area contributed by atoms with Gasteiger partial charge in [0.15, 0.2) is 0 Å². The van der Waals surface area contributed by atoms with Crippen LogP contribution in [0.3, 0.4) is 0 Å². The first-order valence-electron chi connectivity index (χ1n) is 17.6. The SMILES string of the molecule is CCCCCCCCCCC(CCCCCCCC)C(OCCCCC)(OCCCCC)OCCCCC. The van der Waals surface area contributed by atoms with Crippen LogP contribution in [0.25, 0.3) is 0 Å². The van der Waals surface area contributed by atoms with Crippen LogP contribution in [0.5, 0.6) is 0 Å². The molecule has 0 aromatic carbocycles. The van der Waals surface area contributed by atoms with Crippen molar-refractivity contribution in [1.29, 1.82) is 0 Å². The molecule has 0 radical (unpaired) electrons. The van der Waals surface area contributed by atoms with E-state index in [1.807, 2.05) is 0 Å². The summed E-state index contributed by atoms with van der Waals surface area (Å²) < 4.78 is 20.2. The number of hydrogen-bond donors (Lipinski definition) is 0. The van der Waals surface area contributed by atoms with Crippen LogP contribution in [0.4, 0.5) is 0 Å². The van der Waals surface area contributed by atoms with Crippen molar-refractivity contribution in [2.75, 3.05) is 19.8 Å². The first-order valence-corrected chi connectivity index (χ1v) is 17.6. The van der Waals surface area contributed by atoms with Gasteiger partial charge in [0.1, 0.15) is 0 Å². The predicted octanol–water partition coefficient (Wildman–Crippen LogP) is 12.2. The van der Waals surface area contributed by atoms with E-state index in [0.717, 1.165) is 45.5 Å². The molecule has 0 bridgehead atoms. The standard InChI is InChI=1S/C35H72O3/c1-6-11-16-18-20-21-23-25-30-34(29-24-22-19-17-12-7-2)35(36-31-26-13-8-3,37-32-27-14-9-4)38-33-28-15-10-5/h34H,6-33H2,1-5H3. The maximum Gasteiger partial charge on any atom is 0.285 e. The van der Waals surface area contributed by atoms with Gasteiger partial charge in [-0.1, -0.05) is 163 Å². The summed E-state index contributed by atoms with van der Waals surface area (Å²) in [5, 5.41) is 0. The van der Waals surface area contributed by atoms with Gasteiger partial charge in [0.25, 0.3) is 5.97 Å². The quantitative estimate of drug-likeness (QED) is 0.0627. The van der Waals surface area contributed by atoms with Crippen molar-refractivity contribution in [2.45, 2.75) is 201 Å². The molecule has 0 rings (SSSR count). The van der Waals surface area contributed by atoms with Crippen LogP contribution in [-0.4, -0.2) is 25.8 Å². The number of ether oxygens (including phenoxy) is 3. The van der Waals surface area contributed by atoms with Gasteiger partial charge in [0.2, 0.25) is 0 Å². The second kappa shape index (κ2) is 29.9. The maximum atomic E-state index is 6.73. The summed E-state index contributed by atoms with van der Waals surface area (Å²) >= 11 is 0. The van der Waals surface area contributed by atoms with Gasteiger partial charge in [-0.25, -0.2) is 0 Å². The van der Waals surface area contributed by atoms with Gasteiger partial charge in [0, 0.05) is 5.92 Å². The van der Waals surface area contributed by atoms with E-state index in [1.165, 1.54) is 135 Å². The van der Waals surface area contributed by atoms with E-state index < -0.39 is 5.97 Å². The summed E-state index contributed by atoms with van der Waals surface area (Å²) in [5.74, 6) is -0.515. The number of unbranched alkanes of at least 4 members (excludes halogenated alkanes) is 18. The van der Waals surface area contributed by atoms with Crippen molar-refractivity contribution in [3.8, 4) is 0 Å². The smallest absolute Gasteiger partial charge is 0.285 e. The molecule has 0 amide bonds. The Bertz CT molecular complexity index is 408. The van der Waals surface area contributed by atoms with Crippen LogP contribution in [0.2, 0.25) is 0 Å². The highest BCUT2D eigenvalue weighted by Gasteiger charge is 2.42. The van der Waals surface area contributed by atoms with E-state index in [1.54, 1.807) is 0 Å². The Balaban J connectivity index is 5.39. The molecule has 3 nitrogen and oxygen atoms in total. The fourth-order valence-corrected chi connectivity index (χ4v) is 5.37. The maximum absolute atomic E-state index is 6.73. The van der Waals surface area contributed by atoms with Gasteiger partial charge in [-0.2, -0.15) is 0 Å². The van der Waals surface area contributed by atoms with Crippen LogP contribution in [0.15, 0.2) is 0 Å². The van der Waals surface area contributed by atoms with Gasteiger partial charge in [0.05, 0.1) is 19.8 Å². The first kappa shape index (κ1) is 37.9. The molecule has 0 aromatic rings. The average Bonchev–Trinajstić information content (AvgIpc) is 2.93. The summed E-state index contributed by atoms with van der Waals surface area (Å²) in [6.07, 6.45) is 31.8. The predicted molar refractivity (Wildman–Crippen MR) is 168 cm³/mol. The third-order valence-corrected chi connectivity index (χ3v) is 7.97. The van der Waals surface area contributed by atoms with Crippen molar-refractivity contribution >= 4 is 0 Å². The highest BCUT2D eigenvalue weighted by molar-refractivity contribution is 4.74. The third-order valence-electron chi connectivity index (χ3n) is 7.97. The fraction of sp³-hybridized carbons (Fsp3) is 1.00. The summed E-state index contributed by atoms with van der Waals surface area (Å²) in [7, 11) is 0. The Labute approximate surface area is 240 Å². The highest BCUT2D eigenvalue weighted by Crippen LogP contribution is 2.35. The molecule has 0 saturated carbocycles. The summed E-state index contributed by atoms with van der Waals surface area (Å²) in [4.78, 5) is 0. The van der Waals surface area contributed by atoms with E-state index >= 15 is 0 Å². The molecule has 0 aromatic heterocycles. The molecule has 0 aliphatic rings. The topological polar surface area (TPSA) is 27.7 Å². The van der Waals surface area contributed by atoms with E-state index in [-0.39, 0.29) is 0 Å². The molecule has 230 valence electrons. The molecular weight excluding hydrogens is 468 g/mol. The minimum Gasteiger partial charge on any atom is -0.327 e. The minimum absolute atomic E-state index is 0.332. The van der Waals surface area contributed by atoms with Gasteiger partial charge >= 0.3 is 0 Å². The zero-order chi connectivity index (χ0) is 28.0. The molecule has 1 atom stereocenters. The summed E-state index contributed by atoms with van der Waals surface area (Å²) in [5.41, 5.74) is 0. The zero-order valence-corrected chi connectivity index (χ0v) is 27.1. The number of rotatable bonds is 32. The second-order valence-electron chi connectivity index (χ2n) is 11.8. The highest BCUT2D eigenvalue weighted by atomic mass is 16.9. The Hall–Kier alpha value is -0.120. The lowest BCUT2D eigenvalue weighted by Crippen LogP contribution is -2.47. The molecule has 38 heavy (non-hydrogen) atoms. The van der Waals surface area contributed by atoms with Crippen molar-refractivity contribution in [1.82, 2.24) is 0 Å². The molecule has 0 spiro atoms. The normalized spacial score (nSPS) is 12.9.